The summed E-state index contributed by atoms with van der Waals surface area (Å²) in [5.41, 5.74) is 1.63. The standard InChI is InChI=1S/C22H22N2O5/c1-2-27-18-7-5-17(6-8-18)24-13-16(12-22(24)26)23-21(25)10-4-15-3-9-19-20(11-15)29-14-28-19/h3-11,16H,2,12-14H2,1H3,(H,23,25)/b10-4-/t16-/m1/s1. The van der Waals surface area contributed by atoms with Gasteiger partial charge in [0, 0.05) is 24.7 Å². The Morgan fingerprint density at radius 1 is 1.21 bits per heavy atom. The molecule has 1 N–H and O–H groups in total. The van der Waals surface area contributed by atoms with Crippen molar-refractivity contribution in [3.8, 4) is 17.2 Å². The van der Waals surface area contributed by atoms with Gasteiger partial charge in [-0.1, -0.05) is 6.07 Å². The molecule has 0 aromatic heterocycles. The lowest BCUT2D eigenvalue weighted by Crippen LogP contribution is -2.36. The molecule has 2 aliphatic heterocycles. The number of fused-ring (bicyclic) bond motifs is 1. The first kappa shape index (κ1) is 18.9. The Hall–Kier alpha value is -3.48. The number of hydrogen-bond acceptors (Lipinski definition) is 5. The van der Waals surface area contributed by atoms with Crippen molar-refractivity contribution in [1.29, 1.82) is 0 Å². The molecule has 1 fully saturated rings. The van der Waals surface area contributed by atoms with Crippen molar-refractivity contribution in [3.05, 3.63) is 54.1 Å². The highest BCUT2D eigenvalue weighted by molar-refractivity contribution is 5.98. The summed E-state index contributed by atoms with van der Waals surface area (Å²) in [7, 11) is 0. The van der Waals surface area contributed by atoms with Crippen LogP contribution in [0.25, 0.3) is 6.08 Å². The number of ether oxygens (including phenoxy) is 3. The van der Waals surface area contributed by atoms with E-state index in [9.17, 15) is 9.59 Å². The zero-order chi connectivity index (χ0) is 20.2. The van der Waals surface area contributed by atoms with Crippen molar-refractivity contribution >= 4 is 23.6 Å². The molecule has 0 spiro atoms. The van der Waals surface area contributed by atoms with E-state index in [1.54, 1.807) is 11.0 Å². The molecule has 2 aromatic rings. The van der Waals surface area contributed by atoms with Crippen LogP contribution < -0.4 is 24.4 Å². The topological polar surface area (TPSA) is 77.1 Å². The first-order valence-corrected chi connectivity index (χ1v) is 9.54. The van der Waals surface area contributed by atoms with Gasteiger partial charge in [0.15, 0.2) is 11.5 Å². The molecule has 0 aliphatic carbocycles. The molecule has 2 amide bonds. The molecule has 1 atom stereocenters. The van der Waals surface area contributed by atoms with Crippen molar-refractivity contribution in [2.24, 2.45) is 0 Å². The molecule has 0 unspecified atom stereocenters. The second-order valence-corrected chi connectivity index (χ2v) is 6.79. The summed E-state index contributed by atoms with van der Waals surface area (Å²) in [6.45, 7) is 3.17. The number of benzene rings is 2. The lowest BCUT2D eigenvalue weighted by atomic mass is 10.2. The summed E-state index contributed by atoms with van der Waals surface area (Å²) in [4.78, 5) is 26.3. The molecular formula is C22H22N2O5. The molecule has 2 aliphatic rings. The molecule has 0 saturated carbocycles. The summed E-state index contributed by atoms with van der Waals surface area (Å²) in [5, 5.41) is 2.89. The van der Waals surface area contributed by atoms with Gasteiger partial charge in [-0.3, -0.25) is 9.59 Å². The Morgan fingerprint density at radius 3 is 2.79 bits per heavy atom. The maximum absolute atomic E-state index is 12.4. The van der Waals surface area contributed by atoms with E-state index in [0.29, 0.717) is 24.7 Å². The van der Waals surface area contributed by atoms with Crippen molar-refractivity contribution in [3.63, 3.8) is 0 Å². The van der Waals surface area contributed by atoms with Crippen LogP contribution in [-0.2, 0) is 9.59 Å². The molecule has 0 bridgehead atoms. The predicted octanol–water partition coefficient (Wildman–Crippen LogP) is 2.75. The van der Waals surface area contributed by atoms with Crippen LogP contribution in [0, 0.1) is 0 Å². The second kappa shape index (κ2) is 8.26. The molecule has 7 nitrogen and oxygen atoms in total. The van der Waals surface area contributed by atoms with Crippen molar-refractivity contribution in [2.75, 3.05) is 24.8 Å². The smallest absolute Gasteiger partial charge is 0.244 e. The molecular weight excluding hydrogens is 372 g/mol. The normalized spacial score (nSPS) is 17.8. The molecule has 29 heavy (non-hydrogen) atoms. The summed E-state index contributed by atoms with van der Waals surface area (Å²) in [6, 6.07) is 12.6. The summed E-state index contributed by atoms with van der Waals surface area (Å²) < 4.78 is 16.0. The van der Waals surface area contributed by atoms with Gasteiger partial charge in [0.05, 0.1) is 12.6 Å². The van der Waals surface area contributed by atoms with Crippen LogP contribution in [0.3, 0.4) is 0 Å². The van der Waals surface area contributed by atoms with E-state index < -0.39 is 0 Å². The van der Waals surface area contributed by atoms with Crippen LogP contribution in [0.15, 0.2) is 48.5 Å². The fourth-order valence-corrected chi connectivity index (χ4v) is 3.38. The number of carbonyl (C=O) groups excluding carboxylic acids is 2. The Bertz CT molecular complexity index is 939. The first-order valence-electron chi connectivity index (χ1n) is 9.54. The third kappa shape index (κ3) is 4.34. The fraction of sp³-hybridized carbons (Fsp3) is 0.273. The van der Waals surface area contributed by atoms with E-state index in [4.69, 9.17) is 14.2 Å². The minimum Gasteiger partial charge on any atom is -0.494 e. The minimum absolute atomic E-state index is 0.0146. The second-order valence-electron chi connectivity index (χ2n) is 6.79. The summed E-state index contributed by atoms with van der Waals surface area (Å²) >= 11 is 0. The number of rotatable bonds is 6. The van der Waals surface area contributed by atoms with E-state index in [0.717, 1.165) is 17.0 Å². The number of hydrogen-bond donors (Lipinski definition) is 1. The highest BCUT2D eigenvalue weighted by atomic mass is 16.7. The monoisotopic (exact) mass is 394 g/mol. The highest BCUT2D eigenvalue weighted by Gasteiger charge is 2.31. The molecule has 2 heterocycles. The lowest BCUT2D eigenvalue weighted by molar-refractivity contribution is -0.117. The zero-order valence-corrected chi connectivity index (χ0v) is 16.1. The Morgan fingerprint density at radius 2 is 2.00 bits per heavy atom. The molecule has 0 radical (unpaired) electrons. The summed E-state index contributed by atoms with van der Waals surface area (Å²) in [6.07, 6.45) is 3.44. The van der Waals surface area contributed by atoms with Crippen molar-refractivity contribution in [1.82, 2.24) is 5.32 Å². The van der Waals surface area contributed by atoms with E-state index in [1.165, 1.54) is 6.08 Å². The quantitative estimate of drug-likeness (QED) is 0.763. The van der Waals surface area contributed by atoms with Crippen LogP contribution in [0.4, 0.5) is 5.69 Å². The lowest BCUT2D eigenvalue weighted by Gasteiger charge is -2.17. The zero-order valence-electron chi connectivity index (χ0n) is 16.1. The van der Waals surface area contributed by atoms with Crippen LogP contribution in [-0.4, -0.2) is 37.8 Å². The largest absolute Gasteiger partial charge is 0.494 e. The van der Waals surface area contributed by atoms with Gasteiger partial charge in [0.25, 0.3) is 0 Å². The summed E-state index contributed by atoms with van der Waals surface area (Å²) in [5.74, 6) is 1.88. The van der Waals surface area contributed by atoms with Crippen LogP contribution in [0.5, 0.6) is 17.2 Å². The Balaban J connectivity index is 1.34. The Labute approximate surface area is 168 Å². The van der Waals surface area contributed by atoms with Gasteiger partial charge >= 0.3 is 0 Å². The first-order chi connectivity index (χ1) is 14.1. The maximum atomic E-state index is 12.4. The predicted molar refractivity (Wildman–Crippen MR) is 108 cm³/mol. The van der Waals surface area contributed by atoms with E-state index in [1.807, 2.05) is 49.4 Å². The Kier molecular flexibility index (Phi) is 5.37. The average molecular weight is 394 g/mol. The minimum atomic E-state index is -0.242. The van der Waals surface area contributed by atoms with Gasteiger partial charge in [-0.2, -0.15) is 0 Å². The SMILES string of the molecule is CCOc1ccc(N2C[C@H](NC(=O)/C=C\c3ccc4c(c3)OCO4)CC2=O)cc1. The number of nitrogens with one attached hydrogen (secondary N) is 1. The number of carbonyl (C=O) groups is 2. The van der Waals surface area contributed by atoms with Gasteiger partial charge in [-0.15, -0.1) is 0 Å². The number of nitrogens with zero attached hydrogens (tertiary/aromatic N) is 1. The van der Waals surface area contributed by atoms with E-state index >= 15 is 0 Å². The van der Waals surface area contributed by atoms with Gasteiger partial charge in [-0.25, -0.2) is 0 Å². The van der Waals surface area contributed by atoms with Gasteiger partial charge in [0.2, 0.25) is 18.6 Å². The third-order valence-corrected chi connectivity index (χ3v) is 4.75. The van der Waals surface area contributed by atoms with E-state index in [-0.39, 0.29) is 31.1 Å². The highest BCUT2D eigenvalue weighted by Crippen LogP contribution is 2.32. The average Bonchev–Trinajstić information content (AvgIpc) is 3.33. The van der Waals surface area contributed by atoms with Crippen molar-refractivity contribution in [2.45, 2.75) is 19.4 Å². The number of anilines is 1. The molecule has 7 heteroatoms. The molecule has 150 valence electrons. The third-order valence-electron chi connectivity index (χ3n) is 4.75. The van der Waals surface area contributed by atoms with Gasteiger partial charge in [-0.05, 0) is 55.0 Å². The van der Waals surface area contributed by atoms with Gasteiger partial charge < -0.3 is 24.4 Å². The number of amides is 2. The van der Waals surface area contributed by atoms with Crippen LogP contribution in [0.1, 0.15) is 18.9 Å². The van der Waals surface area contributed by atoms with E-state index in [2.05, 4.69) is 5.32 Å². The van der Waals surface area contributed by atoms with Gasteiger partial charge in [0.1, 0.15) is 5.75 Å². The van der Waals surface area contributed by atoms with Crippen LogP contribution >= 0.6 is 0 Å². The molecule has 4 rings (SSSR count). The molecule has 2 aromatic carbocycles. The molecule has 1 saturated heterocycles. The van der Waals surface area contributed by atoms with Crippen LogP contribution in [0.2, 0.25) is 0 Å². The maximum Gasteiger partial charge on any atom is 0.244 e. The fourth-order valence-electron chi connectivity index (χ4n) is 3.38. The van der Waals surface area contributed by atoms with Crippen molar-refractivity contribution < 1.29 is 23.8 Å².